The van der Waals surface area contributed by atoms with Crippen LogP contribution < -0.4 is 21.5 Å². The van der Waals surface area contributed by atoms with Crippen molar-refractivity contribution in [2.24, 2.45) is 7.05 Å². The molecule has 11 heteroatoms. The van der Waals surface area contributed by atoms with Crippen LogP contribution in [0.3, 0.4) is 0 Å². The van der Waals surface area contributed by atoms with E-state index in [4.69, 9.17) is 9.47 Å². The number of nitrogens with one attached hydrogen (secondary N) is 3. The molecule has 0 radical (unpaired) electrons. The topological polar surface area (TPSA) is 124 Å². The van der Waals surface area contributed by atoms with Crippen LogP contribution in [0.5, 0.6) is 0 Å². The summed E-state index contributed by atoms with van der Waals surface area (Å²) in [7, 11) is 1.54. The van der Waals surface area contributed by atoms with Gasteiger partial charge in [-0.1, -0.05) is 39.0 Å². The van der Waals surface area contributed by atoms with Crippen LogP contribution in [0.25, 0.3) is 11.3 Å². The molecule has 3 N–H and O–H groups in total. The number of carbonyl (C=O) groups is 2. The molecule has 46 heavy (non-hydrogen) atoms. The second kappa shape index (κ2) is 12.9. The molecule has 0 saturated carbocycles. The highest BCUT2D eigenvalue weighted by Gasteiger charge is 2.32. The Morgan fingerprint density at radius 3 is 2.28 bits per heavy atom. The van der Waals surface area contributed by atoms with E-state index in [9.17, 15) is 14.4 Å². The van der Waals surface area contributed by atoms with Crippen LogP contribution in [-0.4, -0.2) is 46.4 Å². The summed E-state index contributed by atoms with van der Waals surface area (Å²) < 4.78 is 28.3. The van der Waals surface area contributed by atoms with Gasteiger partial charge in [0.25, 0.3) is 17.4 Å². The van der Waals surface area contributed by atoms with Crippen LogP contribution in [0.15, 0.2) is 77.7 Å². The third-order valence-electron chi connectivity index (χ3n) is 7.57. The molecule has 2 heterocycles. The van der Waals surface area contributed by atoms with E-state index in [0.29, 0.717) is 30.0 Å². The van der Waals surface area contributed by atoms with Crippen LogP contribution in [0, 0.1) is 5.82 Å². The lowest BCUT2D eigenvalue weighted by Crippen LogP contribution is -2.34. The number of amides is 2. The Hall–Kier alpha value is -4.87. The molecule has 0 bridgehead atoms. The zero-order chi connectivity index (χ0) is 33.2. The molecule has 1 unspecified atom stereocenters. The summed E-state index contributed by atoms with van der Waals surface area (Å²) in [5, 5.41) is 8.46. The first kappa shape index (κ1) is 32.5. The van der Waals surface area contributed by atoms with Gasteiger partial charge in [0.2, 0.25) is 0 Å². The lowest BCUT2D eigenvalue weighted by Gasteiger charge is -2.19. The van der Waals surface area contributed by atoms with Crippen LogP contribution in [-0.2, 0) is 21.9 Å². The summed E-state index contributed by atoms with van der Waals surface area (Å²) in [6.07, 6.45) is 1.19. The number of benzene rings is 3. The molecular formula is C35H38FN5O5. The molecule has 10 nitrogen and oxygen atoms in total. The molecule has 0 aliphatic carbocycles. The number of anilines is 3. The predicted molar refractivity (Wildman–Crippen MR) is 175 cm³/mol. The maximum atomic E-state index is 15.7. The molecular weight excluding hydrogens is 589 g/mol. The van der Waals surface area contributed by atoms with E-state index in [1.165, 1.54) is 29.9 Å². The molecule has 1 atom stereocenters. The highest BCUT2D eigenvalue weighted by Crippen LogP contribution is 2.28. The lowest BCUT2D eigenvalue weighted by molar-refractivity contribution is -0.137. The number of ether oxygens (including phenoxy) is 2. The Kier molecular flexibility index (Phi) is 9.09. The van der Waals surface area contributed by atoms with Crippen molar-refractivity contribution in [1.82, 2.24) is 14.9 Å². The normalized spacial score (nSPS) is 15.8. The van der Waals surface area contributed by atoms with Crippen molar-refractivity contribution in [3.8, 4) is 11.3 Å². The summed E-state index contributed by atoms with van der Waals surface area (Å²) in [5.74, 6) is -2.12. The average molecular weight is 628 g/mol. The van der Waals surface area contributed by atoms with Gasteiger partial charge in [-0.15, -0.1) is 0 Å². The van der Waals surface area contributed by atoms with Crippen molar-refractivity contribution in [2.75, 3.05) is 23.8 Å². The minimum atomic E-state index is -0.687. The molecule has 1 aliphatic rings. The first-order valence-electron chi connectivity index (χ1n) is 15.0. The molecule has 1 fully saturated rings. The Bertz CT molecular complexity index is 1810. The molecule has 1 aromatic heterocycles. The Morgan fingerprint density at radius 1 is 1.00 bits per heavy atom. The van der Waals surface area contributed by atoms with Gasteiger partial charge in [-0.2, -0.15) is 0 Å². The van der Waals surface area contributed by atoms with E-state index < -0.39 is 23.1 Å². The molecule has 0 spiro atoms. The number of rotatable bonds is 8. The molecule has 1 aliphatic heterocycles. The smallest absolute Gasteiger partial charge is 0.293 e. The number of hydrogen-bond donors (Lipinski definition) is 3. The first-order chi connectivity index (χ1) is 21.7. The maximum absolute atomic E-state index is 15.7. The van der Waals surface area contributed by atoms with Crippen LogP contribution in [0.2, 0.25) is 0 Å². The first-order valence-corrected chi connectivity index (χ1v) is 15.0. The third-order valence-corrected chi connectivity index (χ3v) is 7.57. The number of nitrogens with zero attached hydrogens (tertiary/aromatic N) is 2. The molecule has 5 rings (SSSR count). The van der Waals surface area contributed by atoms with E-state index in [0.717, 1.165) is 5.56 Å². The van der Waals surface area contributed by atoms with E-state index in [-0.39, 0.29) is 40.2 Å². The average Bonchev–Trinajstić information content (AvgIpc) is 3.37. The fourth-order valence-electron chi connectivity index (χ4n) is 4.97. The van der Waals surface area contributed by atoms with Gasteiger partial charge in [0.15, 0.2) is 17.4 Å². The third kappa shape index (κ3) is 7.49. The van der Waals surface area contributed by atoms with Crippen molar-refractivity contribution in [2.45, 2.75) is 51.9 Å². The van der Waals surface area contributed by atoms with Crippen LogP contribution in [0.4, 0.5) is 21.6 Å². The van der Waals surface area contributed by atoms with Gasteiger partial charge < -0.3 is 30.0 Å². The summed E-state index contributed by atoms with van der Waals surface area (Å²) >= 11 is 0. The predicted octanol–water partition coefficient (Wildman–Crippen LogP) is 5.76. The molecule has 1 saturated heterocycles. The van der Waals surface area contributed by atoms with Crippen molar-refractivity contribution in [3.63, 3.8) is 0 Å². The maximum Gasteiger partial charge on any atom is 0.293 e. The number of carbonyl (C=O) groups excluding carboxylic acids is 2. The van der Waals surface area contributed by atoms with Crippen molar-refractivity contribution in [1.29, 1.82) is 0 Å². The molecule has 240 valence electrons. The molecule has 2 amide bonds. The Morgan fingerprint density at radius 2 is 1.65 bits per heavy atom. The highest BCUT2D eigenvalue weighted by atomic mass is 19.1. The second-order valence-corrected chi connectivity index (χ2v) is 12.7. The summed E-state index contributed by atoms with van der Waals surface area (Å²) in [4.78, 5) is 42.9. The minimum absolute atomic E-state index is 0.0165. The van der Waals surface area contributed by atoms with Gasteiger partial charge in [-0.05, 0) is 73.4 Å². The van der Waals surface area contributed by atoms with E-state index in [2.05, 4.69) is 41.7 Å². The quantitative estimate of drug-likeness (QED) is 0.227. The summed E-state index contributed by atoms with van der Waals surface area (Å²) in [6, 6.07) is 18.3. The van der Waals surface area contributed by atoms with E-state index in [1.54, 1.807) is 42.5 Å². The van der Waals surface area contributed by atoms with Crippen LogP contribution in [0.1, 0.15) is 60.9 Å². The standard InChI is InChI=1S/C35H38FN5O5/c1-34(2,3)23-14-10-22(11-15-23)32(43)40-27-9-7-8-26(29(27)36)28-19-41(6)33(44)30(39-28)38-24-16-12-21(13-17-24)31(42)37-18-25-20-45-35(4,5)46-25/h7-17,19,25H,18,20H2,1-6H3,(H,37,42)(H,38,39)(H,40,43). The van der Waals surface area contributed by atoms with Crippen molar-refractivity contribution < 1.29 is 23.5 Å². The molecule has 4 aromatic rings. The highest BCUT2D eigenvalue weighted by molar-refractivity contribution is 6.04. The van der Waals surface area contributed by atoms with E-state index >= 15 is 4.39 Å². The summed E-state index contributed by atoms with van der Waals surface area (Å²) in [6.45, 7) is 10.6. The fourth-order valence-corrected chi connectivity index (χ4v) is 4.97. The number of aryl methyl sites for hydroxylation is 1. The largest absolute Gasteiger partial charge is 0.349 e. The van der Waals surface area contributed by atoms with Crippen molar-refractivity contribution in [3.05, 3.63) is 106 Å². The fraction of sp³-hybridized carbons (Fsp3) is 0.314. The van der Waals surface area contributed by atoms with E-state index in [1.807, 2.05) is 26.0 Å². The zero-order valence-electron chi connectivity index (χ0n) is 26.7. The lowest BCUT2D eigenvalue weighted by atomic mass is 9.87. The van der Waals surface area contributed by atoms with Gasteiger partial charge >= 0.3 is 0 Å². The summed E-state index contributed by atoms with van der Waals surface area (Å²) in [5.41, 5.74) is 2.18. The van der Waals surface area contributed by atoms with Gasteiger partial charge in [0.05, 0.1) is 18.0 Å². The number of hydrogen-bond acceptors (Lipinski definition) is 7. The van der Waals surface area contributed by atoms with Gasteiger partial charge in [-0.3, -0.25) is 14.4 Å². The van der Waals surface area contributed by atoms with Crippen molar-refractivity contribution >= 4 is 29.0 Å². The molecule has 3 aromatic carbocycles. The van der Waals surface area contributed by atoms with Gasteiger partial charge in [0, 0.05) is 42.2 Å². The minimum Gasteiger partial charge on any atom is -0.349 e. The number of aromatic nitrogens is 2. The van der Waals surface area contributed by atoms with Crippen LogP contribution >= 0.6 is 0 Å². The second-order valence-electron chi connectivity index (χ2n) is 12.7. The SMILES string of the molecule is Cn1cc(-c2cccc(NC(=O)c3ccc(C(C)(C)C)cc3)c2F)nc(Nc2ccc(C(=O)NCC3COC(C)(C)O3)cc2)c1=O. The van der Waals surface area contributed by atoms with Gasteiger partial charge in [-0.25, -0.2) is 9.37 Å². The number of halogens is 1. The zero-order valence-corrected chi connectivity index (χ0v) is 26.7. The Labute approximate surface area is 267 Å². The van der Waals surface area contributed by atoms with Gasteiger partial charge in [0.1, 0.15) is 6.10 Å². The Balaban J connectivity index is 1.29. The monoisotopic (exact) mass is 627 g/mol.